The SMILES string of the molecule is COc1cc(CNC(=O)c2cc(C3=NO[C@H](C4CCN(C(=O)CO)CC4)C3)nc(C)n2)ccc1F. The summed E-state index contributed by atoms with van der Waals surface area (Å²) in [6.07, 6.45) is 1.96. The Morgan fingerprint density at radius 1 is 1.26 bits per heavy atom. The van der Waals surface area contributed by atoms with E-state index in [0.717, 1.165) is 12.8 Å². The zero-order chi connectivity index (χ0) is 24.9. The van der Waals surface area contributed by atoms with Crippen molar-refractivity contribution in [2.24, 2.45) is 11.1 Å². The lowest BCUT2D eigenvalue weighted by molar-refractivity contribution is -0.136. The van der Waals surface area contributed by atoms with Crippen LogP contribution in [0.3, 0.4) is 0 Å². The topological polar surface area (TPSA) is 126 Å². The number of ether oxygens (including phenoxy) is 1. The molecule has 0 radical (unpaired) electrons. The molecule has 11 heteroatoms. The van der Waals surface area contributed by atoms with Crippen LogP contribution in [0, 0.1) is 18.7 Å². The van der Waals surface area contributed by atoms with Crippen molar-refractivity contribution in [3.8, 4) is 5.75 Å². The molecule has 0 spiro atoms. The zero-order valence-corrected chi connectivity index (χ0v) is 19.7. The van der Waals surface area contributed by atoms with Gasteiger partial charge in [0.2, 0.25) is 5.91 Å². The summed E-state index contributed by atoms with van der Waals surface area (Å²) in [5, 5.41) is 16.0. The molecule has 2 aliphatic rings. The van der Waals surface area contributed by atoms with Crippen molar-refractivity contribution < 1.29 is 28.7 Å². The van der Waals surface area contributed by atoms with Crippen LogP contribution in [0.5, 0.6) is 5.75 Å². The summed E-state index contributed by atoms with van der Waals surface area (Å²) in [5.74, 6) is -0.349. The number of piperidine rings is 1. The Balaban J connectivity index is 1.37. The van der Waals surface area contributed by atoms with Crippen molar-refractivity contribution in [1.82, 2.24) is 20.2 Å². The summed E-state index contributed by atoms with van der Waals surface area (Å²) >= 11 is 0. The first-order chi connectivity index (χ1) is 16.9. The standard InChI is InChI=1S/C24H28FN5O5/c1-14-27-18(19-11-21(35-29-19)16-5-7-30(8-6-16)23(32)13-31)10-20(28-14)24(33)26-12-15-3-4-17(25)22(9-15)34-2/h3-4,9-10,16,21,31H,5-8,11-13H2,1-2H3,(H,26,33)/t21-/m0/s1. The van der Waals surface area contributed by atoms with Crippen LogP contribution < -0.4 is 10.1 Å². The fraction of sp³-hybridized carbons (Fsp3) is 0.458. The average Bonchev–Trinajstić information content (AvgIpc) is 3.38. The van der Waals surface area contributed by atoms with Crippen molar-refractivity contribution in [1.29, 1.82) is 0 Å². The molecule has 1 fully saturated rings. The van der Waals surface area contributed by atoms with Gasteiger partial charge in [-0.15, -0.1) is 0 Å². The Hall–Kier alpha value is -3.60. The predicted octanol–water partition coefficient (Wildman–Crippen LogP) is 1.59. The maximum absolute atomic E-state index is 13.6. The van der Waals surface area contributed by atoms with E-state index in [0.29, 0.717) is 42.3 Å². The minimum Gasteiger partial charge on any atom is -0.494 e. The second-order valence-electron chi connectivity index (χ2n) is 8.60. The third kappa shape index (κ3) is 5.73. The number of carbonyl (C=O) groups is 2. The third-order valence-electron chi connectivity index (χ3n) is 6.28. The average molecular weight is 486 g/mol. The number of oxime groups is 1. The number of aromatic nitrogens is 2. The number of aliphatic hydroxyl groups excluding tert-OH is 1. The number of nitrogens with zero attached hydrogens (tertiary/aromatic N) is 4. The monoisotopic (exact) mass is 485 g/mol. The molecule has 1 aromatic heterocycles. The van der Waals surface area contributed by atoms with Crippen LogP contribution in [0.15, 0.2) is 29.4 Å². The Morgan fingerprint density at radius 2 is 2.03 bits per heavy atom. The lowest BCUT2D eigenvalue weighted by Gasteiger charge is -2.33. The highest BCUT2D eigenvalue weighted by molar-refractivity contribution is 6.01. The Bertz CT molecular complexity index is 1130. The lowest BCUT2D eigenvalue weighted by atomic mass is 9.88. The summed E-state index contributed by atoms with van der Waals surface area (Å²) in [6.45, 7) is 2.56. The van der Waals surface area contributed by atoms with Gasteiger partial charge in [0.25, 0.3) is 5.91 Å². The minimum atomic E-state index is -0.473. The minimum absolute atomic E-state index is 0.108. The van der Waals surface area contributed by atoms with Gasteiger partial charge in [-0.05, 0) is 43.5 Å². The number of aliphatic hydroxyl groups is 1. The molecular formula is C24H28FN5O5. The second kappa shape index (κ2) is 10.8. The smallest absolute Gasteiger partial charge is 0.270 e. The molecule has 2 N–H and O–H groups in total. The number of amides is 2. The number of methoxy groups -OCH3 is 1. The van der Waals surface area contributed by atoms with Crippen LogP contribution in [-0.2, 0) is 16.2 Å². The fourth-order valence-corrected chi connectivity index (χ4v) is 4.34. The van der Waals surface area contributed by atoms with Gasteiger partial charge >= 0.3 is 0 Å². The van der Waals surface area contributed by atoms with Crippen LogP contribution in [0.2, 0.25) is 0 Å². The first-order valence-electron chi connectivity index (χ1n) is 11.5. The molecule has 0 bridgehead atoms. The van der Waals surface area contributed by atoms with Crippen LogP contribution >= 0.6 is 0 Å². The van der Waals surface area contributed by atoms with Gasteiger partial charge in [0.1, 0.15) is 29.9 Å². The maximum atomic E-state index is 13.6. The molecule has 2 aliphatic heterocycles. The number of benzene rings is 1. The largest absolute Gasteiger partial charge is 0.494 e. The molecule has 2 amide bonds. The molecule has 35 heavy (non-hydrogen) atoms. The van der Waals surface area contributed by atoms with Crippen LogP contribution in [-0.4, -0.2) is 70.4 Å². The van der Waals surface area contributed by atoms with E-state index in [1.165, 1.54) is 19.2 Å². The Kier molecular flexibility index (Phi) is 7.54. The highest BCUT2D eigenvalue weighted by Crippen LogP contribution is 2.29. The van der Waals surface area contributed by atoms with Crippen molar-refractivity contribution in [2.45, 2.75) is 38.8 Å². The zero-order valence-electron chi connectivity index (χ0n) is 19.7. The van der Waals surface area contributed by atoms with E-state index in [1.807, 2.05) is 0 Å². The molecule has 0 saturated carbocycles. The van der Waals surface area contributed by atoms with E-state index in [2.05, 4.69) is 20.4 Å². The van der Waals surface area contributed by atoms with Crippen molar-refractivity contribution in [2.75, 3.05) is 26.8 Å². The molecule has 1 atom stereocenters. The van der Waals surface area contributed by atoms with Crippen LogP contribution in [0.25, 0.3) is 0 Å². The van der Waals surface area contributed by atoms with Gasteiger partial charge in [-0.1, -0.05) is 11.2 Å². The number of carbonyl (C=O) groups excluding carboxylic acids is 2. The molecular weight excluding hydrogens is 457 g/mol. The lowest BCUT2D eigenvalue weighted by Crippen LogP contribution is -2.42. The fourth-order valence-electron chi connectivity index (χ4n) is 4.34. The van der Waals surface area contributed by atoms with E-state index in [9.17, 15) is 14.0 Å². The van der Waals surface area contributed by atoms with Crippen molar-refractivity contribution in [3.05, 3.63) is 52.9 Å². The number of likely N-dealkylation sites (tertiary alicyclic amines) is 1. The van der Waals surface area contributed by atoms with E-state index in [-0.39, 0.29) is 35.9 Å². The third-order valence-corrected chi connectivity index (χ3v) is 6.28. The number of rotatable bonds is 7. The van der Waals surface area contributed by atoms with E-state index in [1.54, 1.807) is 24.0 Å². The number of halogens is 1. The molecule has 2 aromatic rings. The highest BCUT2D eigenvalue weighted by Gasteiger charge is 2.34. The second-order valence-corrected chi connectivity index (χ2v) is 8.60. The maximum Gasteiger partial charge on any atom is 0.270 e. The molecule has 0 aliphatic carbocycles. The molecule has 0 unspecified atom stereocenters. The normalized spacial score (nSPS) is 18.1. The quantitative estimate of drug-likeness (QED) is 0.610. The Labute approximate surface area is 202 Å². The van der Waals surface area contributed by atoms with E-state index < -0.39 is 18.3 Å². The van der Waals surface area contributed by atoms with Gasteiger partial charge in [-0.25, -0.2) is 14.4 Å². The van der Waals surface area contributed by atoms with Crippen molar-refractivity contribution >= 4 is 17.5 Å². The molecule has 4 rings (SSSR count). The van der Waals surface area contributed by atoms with E-state index >= 15 is 0 Å². The summed E-state index contributed by atoms with van der Waals surface area (Å²) in [6, 6.07) is 5.97. The molecule has 10 nitrogen and oxygen atoms in total. The Morgan fingerprint density at radius 3 is 2.74 bits per heavy atom. The first kappa shape index (κ1) is 24.5. The number of hydrogen-bond donors (Lipinski definition) is 2. The molecule has 3 heterocycles. The van der Waals surface area contributed by atoms with Gasteiger partial charge in [-0.3, -0.25) is 9.59 Å². The van der Waals surface area contributed by atoms with Gasteiger partial charge in [0.05, 0.1) is 12.8 Å². The summed E-state index contributed by atoms with van der Waals surface area (Å²) in [7, 11) is 1.38. The number of hydrogen-bond acceptors (Lipinski definition) is 8. The first-order valence-corrected chi connectivity index (χ1v) is 11.5. The molecule has 186 valence electrons. The highest BCUT2D eigenvalue weighted by atomic mass is 19.1. The van der Waals surface area contributed by atoms with Gasteiger partial charge in [0, 0.05) is 32.0 Å². The molecule has 1 saturated heterocycles. The molecule has 1 aromatic carbocycles. The van der Waals surface area contributed by atoms with Crippen LogP contribution in [0.4, 0.5) is 4.39 Å². The van der Waals surface area contributed by atoms with Gasteiger partial charge < -0.3 is 24.9 Å². The summed E-state index contributed by atoms with van der Waals surface area (Å²) < 4.78 is 18.6. The summed E-state index contributed by atoms with van der Waals surface area (Å²) in [4.78, 5) is 40.5. The number of nitrogens with one attached hydrogen (secondary N) is 1. The summed E-state index contributed by atoms with van der Waals surface area (Å²) in [5.41, 5.74) is 2.06. The van der Waals surface area contributed by atoms with Gasteiger partial charge in [-0.2, -0.15) is 0 Å². The van der Waals surface area contributed by atoms with E-state index in [4.69, 9.17) is 14.7 Å². The van der Waals surface area contributed by atoms with Gasteiger partial charge in [0.15, 0.2) is 11.6 Å². The van der Waals surface area contributed by atoms with Crippen LogP contribution in [0.1, 0.15) is 46.8 Å². The predicted molar refractivity (Wildman–Crippen MR) is 123 cm³/mol. The number of aryl methyl sites for hydroxylation is 1. The van der Waals surface area contributed by atoms with Crippen molar-refractivity contribution in [3.63, 3.8) is 0 Å².